The Kier molecular flexibility index (Phi) is 6.74. The van der Waals surface area contributed by atoms with Crippen LogP contribution in [0.5, 0.6) is 0 Å². The van der Waals surface area contributed by atoms with Crippen LogP contribution in [0.25, 0.3) is 0 Å². The van der Waals surface area contributed by atoms with Gasteiger partial charge in [0.2, 0.25) is 10.0 Å². The van der Waals surface area contributed by atoms with Gasteiger partial charge in [0.15, 0.2) is 0 Å². The van der Waals surface area contributed by atoms with Gasteiger partial charge in [0.1, 0.15) is 11.7 Å². The van der Waals surface area contributed by atoms with Gasteiger partial charge >= 0.3 is 6.09 Å². The maximum absolute atomic E-state index is 11.4. The molecular weight excluding hydrogens is 272 g/mol. The third-order valence-corrected chi connectivity index (χ3v) is 2.67. The van der Waals surface area contributed by atoms with Gasteiger partial charge in [-0.05, 0) is 26.7 Å². The first-order valence-corrected chi connectivity index (χ1v) is 7.89. The third kappa shape index (κ3) is 10.7. The van der Waals surface area contributed by atoms with Crippen molar-refractivity contribution in [3.63, 3.8) is 0 Å². The molecule has 0 rings (SSSR count). The molecule has 2 N–H and O–H groups in total. The number of hydrogen-bond acceptors (Lipinski definition) is 5. The van der Waals surface area contributed by atoms with Crippen molar-refractivity contribution >= 4 is 16.1 Å². The average Bonchev–Trinajstić information content (AvgIpc) is 2.11. The summed E-state index contributed by atoms with van der Waals surface area (Å²) < 4.78 is 29.3. The van der Waals surface area contributed by atoms with Crippen molar-refractivity contribution in [2.75, 3.05) is 12.8 Å². The molecule has 0 fully saturated rings. The Hall–Kier alpha value is -0.860. The number of rotatable bonds is 6. The smallest absolute Gasteiger partial charge is 0.431 e. The SMILES string of the molecule is CC(C)[C@@H](CNS(C)(=O)=O)ONC(=O)OC(C)(C)C. The molecule has 0 heterocycles. The minimum absolute atomic E-state index is 0.0178. The average molecular weight is 296 g/mol. The van der Waals surface area contributed by atoms with E-state index in [4.69, 9.17) is 9.57 Å². The van der Waals surface area contributed by atoms with Gasteiger partial charge in [0.05, 0.1) is 6.26 Å². The fourth-order valence-corrected chi connectivity index (χ4v) is 1.54. The molecule has 0 aliphatic heterocycles. The van der Waals surface area contributed by atoms with Crippen molar-refractivity contribution in [3.8, 4) is 0 Å². The Labute approximate surface area is 115 Å². The van der Waals surface area contributed by atoms with Gasteiger partial charge in [-0.1, -0.05) is 13.8 Å². The zero-order valence-corrected chi connectivity index (χ0v) is 13.1. The Bertz CT molecular complexity index is 386. The number of hydroxylamine groups is 1. The van der Waals surface area contributed by atoms with Crippen molar-refractivity contribution in [3.05, 3.63) is 0 Å². The minimum Gasteiger partial charge on any atom is -0.442 e. The fraction of sp³-hybridized carbons (Fsp3) is 0.909. The Morgan fingerprint density at radius 3 is 2.16 bits per heavy atom. The molecule has 0 saturated carbocycles. The molecule has 0 unspecified atom stereocenters. The van der Waals surface area contributed by atoms with Gasteiger partial charge in [0.25, 0.3) is 0 Å². The van der Waals surface area contributed by atoms with Gasteiger partial charge in [-0.3, -0.25) is 4.84 Å². The van der Waals surface area contributed by atoms with Crippen LogP contribution in [0.4, 0.5) is 4.79 Å². The summed E-state index contributed by atoms with van der Waals surface area (Å²) in [6.45, 7) is 8.98. The number of ether oxygens (including phenoxy) is 1. The van der Waals surface area contributed by atoms with Crippen LogP contribution in [0.15, 0.2) is 0 Å². The lowest BCUT2D eigenvalue weighted by Crippen LogP contribution is -2.42. The zero-order valence-electron chi connectivity index (χ0n) is 12.3. The van der Waals surface area contributed by atoms with Crippen molar-refractivity contribution in [2.45, 2.75) is 46.3 Å². The quantitative estimate of drug-likeness (QED) is 0.714. The Morgan fingerprint density at radius 2 is 1.79 bits per heavy atom. The second-order valence-corrected chi connectivity index (χ2v) is 7.46. The van der Waals surface area contributed by atoms with Crippen molar-refractivity contribution < 1.29 is 22.8 Å². The van der Waals surface area contributed by atoms with E-state index in [-0.39, 0.29) is 12.5 Å². The standard InChI is InChI=1S/C11H24N2O5S/c1-8(2)9(7-12-19(6,15)16)18-13-10(14)17-11(3,4)5/h8-9,12H,7H2,1-6H3,(H,13,14)/t9-/m1/s1. The summed E-state index contributed by atoms with van der Waals surface area (Å²) in [5.41, 5.74) is 1.54. The van der Waals surface area contributed by atoms with E-state index in [0.717, 1.165) is 6.26 Å². The first-order valence-electron chi connectivity index (χ1n) is 6.00. The molecule has 8 heteroatoms. The lowest BCUT2D eigenvalue weighted by Gasteiger charge is -2.23. The summed E-state index contributed by atoms with van der Waals surface area (Å²) in [5.74, 6) is 0.0178. The van der Waals surface area contributed by atoms with E-state index >= 15 is 0 Å². The second-order valence-electron chi connectivity index (χ2n) is 5.62. The number of carbonyl (C=O) groups excluding carboxylic acids is 1. The molecule has 0 aliphatic rings. The van der Waals surface area contributed by atoms with Crippen LogP contribution in [0.3, 0.4) is 0 Å². The molecule has 19 heavy (non-hydrogen) atoms. The molecule has 0 radical (unpaired) electrons. The van der Waals surface area contributed by atoms with E-state index in [1.807, 2.05) is 13.8 Å². The van der Waals surface area contributed by atoms with Crippen LogP contribution >= 0.6 is 0 Å². The minimum atomic E-state index is -3.29. The summed E-state index contributed by atoms with van der Waals surface area (Å²) in [6.07, 6.45) is -0.133. The molecule has 1 atom stereocenters. The predicted molar refractivity (Wildman–Crippen MR) is 71.9 cm³/mol. The fourth-order valence-electron chi connectivity index (χ4n) is 1.07. The maximum Gasteiger partial charge on any atom is 0.431 e. The molecule has 7 nitrogen and oxygen atoms in total. The van der Waals surface area contributed by atoms with Crippen molar-refractivity contribution in [2.24, 2.45) is 5.92 Å². The van der Waals surface area contributed by atoms with Crippen LogP contribution in [-0.2, 0) is 19.6 Å². The summed E-state index contributed by atoms with van der Waals surface area (Å²) in [4.78, 5) is 16.5. The number of hydrogen-bond donors (Lipinski definition) is 2. The Balaban J connectivity index is 4.26. The highest BCUT2D eigenvalue weighted by molar-refractivity contribution is 7.88. The molecule has 0 aliphatic carbocycles. The molecular formula is C11H24N2O5S. The van der Waals surface area contributed by atoms with Gasteiger partial charge in [-0.25, -0.2) is 17.9 Å². The number of amides is 1. The lowest BCUT2D eigenvalue weighted by atomic mass is 10.1. The normalized spacial score (nSPS) is 14.3. The molecule has 0 aromatic rings. The maximum atomic E-state index is 11.4. The first-order chi connectivity index (χ1) is 8.41. The van der Waals surface area contributed by atoms with E-state index in [1.165, 1.54) is 0 Å². The Morgan fingerprint density at radius 1 is 1.26 bits per heavy atom. The molecule has 0 bridgehead atoms. The van der Waals surface area contributed by atoms with Crippen LogP contribution in [-0.4, -0.2) is 39.0 Å². The summed E-state index contributed by atoms with van der Waals surface area (Å²) in [6, 6.07) is 0. The van der Waals surface area contributed by atoms with Crippen molar-refractivity contribution in [1.29, 1.82) is 0 Å². The van der Waals surface area contributed by atoms with Gasteiger partial charge in [-0.15, -0.1) is 0 Å². The van der Waals surface area contributed by atoms with E-state index in [1.54, 1.807) is 20.8 Å². The molecule has 1 amide bonds. The second kappa shape index (κ2) is 7.06. The first kappa shape index (κ1) is 18.1. The molecule has 114 valence electrons. The number of sulfonamides is 1. The lowest BCUT2D eigenvalue weighted by molar-refractivity contribution is -0.0551. The van der Waals surface area contributed by atoms with E-state index in [0.29, 0.717) is 0 Å². The predicted octanol–water partition coefficient (Wildman–Crippen LogP) is 1.02. The monoisotopic (exact) mass is 296 g/mol. The number of carbonyl (C=O) groups is 1. The third-order valence-electron chi connectivity index (χ3n) is 1.98. The largest absolute Gasteiger partial charge is 0.442 e. The van der Waals surface area contributed by atoms with Crippen LogP contribution in [0.2, 0.25) is 0 Å². The topological polar surface area (TPSA) is 93.7 Å². The van der Waals surface area contributed by atoms with E-state index < -0.39 is 27.8 Å². The van der Waals surface area contributed by atoms with Gasteiger partial charge < -0.3 is 4.74 Å². The summed E-state index contributed by atoms with van der Waals surface area (Å²) in [7, 11) is -3.29. The highest BCUT2D eigenvalue weighted by Gasteiger charge is 2.20. The zero-order chi connectivity index (χ0) is 15.3. The van der Waals surface area contributed by atoms with Crippen LogP contribution in [0, 0.1) is 5.92 Å². The number of nitrogens with one attached hydrogen (secondary N) is 2. The highest BCUT2D eigenvalue weighted by Crippen LogP contribution is 2.08. The van der Waals surface area contributed by atoms with Crippen LogP contribution in [0.1, 0.15) is 34.6 Å². The summed E-state index contributed by atoms with van der Waals surface area (Å²) in [5, 5.41) is 0. The molecule has 0 spiro atoms. The molecule has 0 aromatic carbocycles. The summed E-state index contributed by atoms with van der Waals surface area (Å²) >= 11 is 0. The van der Waals surface area contributed by atoms with E-state index in [2.05, 4.69) is 10.2 Å². The van der Waals surface area contributed by atoms with E-state index in [9.17, 15) is 13.2 Å². The van der Waals surface area contributed by atoms with Gasteiger partial charge in [0, 0.05) is 6.54 Å². The molecule has 0 aromatic heterocycles. The highest BCUT2D eigenvalue weighted by atomic mass is 32.2. The van der Waals surface area contributed by atoms with Crippen LogP contribution < -0.4 is 10.2 Å². The van der Waals surface area contributed by atoms with Crippen molar-refractivity contribution in [1.82, 2.24) is 10.2 Å². The molecule has 0 saturated heterocycles. The van der Waals surface area contributed by atoms with Gasteiger partial charge in [-0.2, -0.15) is 5.48 Å².